The number of benzene rings is 2. The number of sulfonamides is 1. The number of ether oxygens (including phenoxy) is 1. The van der Waals surface area contributed by atoms with Crippen molar-refractivity contribution in [3.63, 3.8) is 0 Å². The zero-order valence-corrected chi connectivity index (χ0v) is 22.3. The van der Waals surface area contributed by atoms with E-state index in [0.717, 1.165) is 33.7 Å². The van der Waals surface area contributed by atoms with Gasteiger partial charge in [-0.3, -0.25) is 13.9 Å². The fourth-order valence-corrected chi connectivity index (χ4v) is 4.59. The monoisotopic (exact) mass is 503 g/mol. The van der Waals surface area contributed by atoms with Crippen LogP contribution in [0.1, 0.15) is 43.4 Å². The third kappa shape index (κ3) is 7.71. The first-order chi connectivity index (χ1) is 16.5. The molecule has 0 saturated heterocycles. The van der Waals surface area contributed by atoms with Crippen LogP contribution in [0.2, 0.25) is 0 Å². The molecule has 0 aliphatic heterocycles. The Labute approximate surface area is 209 Å². The first-order valence-corrected chi connectivity index (χ1v) is 13.6. The number of nitrogens with zero attached hydrogens (tertiary/aromatic N) is 2. The van der Waals surface area contributed by atoms with Crippen molar-refractivity contribution in [1.29, 1.82) is 0 Å². The highest BCUT2D eigenvalue weighted by Gasteiger charge is 2.31. The van der Waals surface area contributed by atoms with Crippen molar-refractivity contribution in [1.82, 2.24) is 10.2 Å². The maximum atomic E-state index is 13.7. The number of nitrogens with one attached hydrogen (secondary N) is 1. The van der Waals surface area contributed by atoms with Crippen molar-refractivity contribution in [3.8, 4) is 5.75 Å². The molecule has 0 radical (unpaired) electrons. The normalized spacial score (nSPS) is 12.1. The van der Waals surface area contributed by atoms with Crippen molar-refractivity contribution < 1.29 is 22.7 Å². The van der Waals surface area contributed by atoms with Crippen LogP contribution >= 0.6 is 0 Å². The third-order valence-corrected chi connectivity index (χ3v) is 7.02. The van der Waals surface area contributed by atoms with Gasteiger partial charge in [0.05, 0.1) is 19.1 Å². The number of anilines is 1. The van der Waals surface area contributed by atoms with E-state index in [1.165, 1.54) is 4.90 Å². The molecule has 0 spiro atoms. The minimum absolute atomic E-state index is 0.138. The summed E-state index contributed by atoms with van der Waals surface area (Å²) in [5, 5.41) is 2.87. The summed E-state index contributed by atoms with van der Waals surface area (Å²) in [5.74, 6) is -0.0936. The molecule has 0 saturated carbocycles. The lowest BCUT2D eigenvalue weighted by Crippen LogP contribution is -2.52. The van der Waals surface area contributed by atoms with Crippen molar-refractivity contribution >= 4 is 27.5 Å². The molecule has 0 aliphatic carbocycles. The van der Waals surface area contributed by atoms with Gasteiger partial charge in [-0.25, -0.2) is 8.42 Å². The van der Waals surface area contributed by atoms with Crippen LogP contribution in [0.3, 0.4) is 0 Å². The van der Waals surface area contributed by atoms with Gasteiger partial charge in [-0.2, -0.15) is 0 Å². The highest BCUT2D eigenvalue weighted by Crippen LogP contribution is 2.23. The first-order valence-electron chi connectivity index (χ1n) is 11.8. The Morgan fingerprint density at radius 1 is 1.06 bits per heavy atom. The minimum Gasteiger partial charge on any atom is -0.497 e. The fraction of sp³-hybridized carbons (Fsp3) is 0.462. The molecule has 0 aliphatic rings. The number of rotatable bonds is 12. The Hall–Kier alpha value is -3.07. The molecule has 9 heteroatoms. The molecule has 1 N–H and O–H groups in total. The van der Waals surface area contributed by atoms with Crippen LogP contribution in [0.5, 0.6) is 5.75 Å². The number of hydrogen-bond donors (Lipinski definition) is 1. The molecule has 0 fully saturated rings. The standard InChI is InChI=1S/C26H37N3O5S/c1-7-14-27-26(31)24(8-2)28(17-21-10-9-11-23(16-21)34-5)25(30)18-29(35(6,32)33)22-13-12-19(3)20(4)15-22/h9-13,15-16,24H,7-8,14,17-18H2,1-6H3,(H,27,31)/t24-/m1/s1. The second-order valence-corrected chi connectivity index (χ2v) is 10.5. The van der Waals surface area contributed by atoms with Crippen LogP contribution in [0.25, 0.3) is 0 Å². The zero-order chi connectivity index (χ0) is 26.2. The first kappa shape index (κ1) is 28.2. The van der Waals surface area contributed by atoms with E-state index in [-0.39, 0.29) is 12.5 Å². The SMILES string of the molecule is CCCNC(=O)[C@@H](CC)N(Cc1cccc(OC)c1)C(=O)CN(c1ccc(C)c(C)c1)S(C)(=O)=O. The molecule has 0 aromatic heterocycles. The summed E-state index contributed by atoms with van der Waals surface area (Å²) in [6, 6.07) is 11.8. The van der Waals surface area contributed by atoms with Gasteiger partial charge < -0.3 is 15.0 Å². The average molecular weight is 504 g/mol. The van der Waals surface area contributed by atoms with Gasteiger partial charge in [0.2, 0.25) is 21.8 Å². The van der Waals surface area contributed by atoms with Gasteiger partial charge in [0.15, 0.2) is 0 Å². The van der Waals surface area contributed by atoms with Crippen molar-refractivity contribution in [2.45, 2.75) is 53.1 Å². The predicted molar refractivity (Wildman–Crippen MR) is 139 cm³/mol. The van der Waals surface area contributed by atoms with Crippen LogP contribution in [0.4, 0.5) is 5.69 Å². The molecule has 192 valence electrons. The Balaban J connectivity index is 2.45. The molecule has 2 amide bonds. The van der Waals surface area contributed by atoms with Gasteiger partial charge in [0, 0.05) is 13.1 Å². The van der Waals surface area contributed by atoms with Crippen LogP contribution in [0.15, 0.2) is 42.5 Å². The number of aryl methyl sites for hydroxylation is 2. The zero-order valence-electron chi connectivity index (χ0n) is 21.5. The van der Waals surface area contributed by atoms with Gasteiger partial charge in [-0.1, -0.05) is 32.0 Å². The summed E-state index contributed by atoms with van der Waals surface area (Å²) < 4.78 is 31.8. The Bertz CT molecular complexity index is 1130. The van der Waals surface area contributed by atoms with Crippen molar-refractivity contribution in [3.05, 3.63) is 59.2 Å². The maximum absolute atomic E-state index is 13.7. The summed E-state index contributed by atoms with van der Waals surface area (Å²) >= 11 is 0. The van der Waals surface area contributed by atoms with E-state index in [1.54, 1.807) is 31.4 Å². The van der Waals surface area contributed by atoms with Gasteiger partial charge >= 0.3 is 0 Å². The van der Waals surface area contributed by atoms with Crippen molar-refractivity contribution in [2.75, 3.05) is 30.8 Å². The van der Waals surface area contributed by atoms with Crippen LogP contribution in [-0.4, -0.2) is 57.6 Å². The molecule has 2 aromatic carbocycles. The number of amides is 2. The van der Waals surface area contributed by atoms with Gasteiger partial charge in [0.25, 0.3) is 0 Å². The number of carbonyl (C=O) groups excluding carboxylic acids is 2. The van der Waals surface area contributed by atoms with Gasteiger partial charge in [-0.05, 0) is 67.6 Å². The largest absolute Gasteiger partial charge is 0.497 e. The van der Waals surface area contributed by atoms with E-state index in [2.05, 4.69) is 5.32 Å². The summed E-state index contributed by atoms with van der Waals surface area (Å²) in [5.41, 5.74) is 3.12. The molecule has 0 bridgehead atoms. The lowest BCUT2D eigenvalue weighted by atomic mass is 10.1. The molecule has 1 atom stereocenters. The molecule has 0 unspecified atom stereocenters. The molecular formula is C26H37N3O5S. The Morgan fingerprint density at radius 2 is 1.77 bits per heavy atom. The highest BCUT2D eigenvalue weighted by molar-refractivity contribution is 7.92. The smallest absolute Gasteiger partial charge is 0.244 e. The van der Waals surface area contributed by atoms with Crippen LogP contribution < -0.4 is 14.4 Å². The summed E-state index contributed by atoms with van der Waals surface area (Å²) in [7, 11) is -2.20. The van der Waals surface area contributed by atoms with E-state index in [1.807, 2.05) is 45.9 Å². The van der Waals surface area contributed by atoms with E-state index in [0.29, 0.717) is 24.4 Å². The lowest BCUT2D eigenvalue weighted by Gasteiger charge is -2.33. The van der Waals surface area contributed by atoms with E-state index >= 15 is 0 Å². The lowest BCUT2D eigenvalue weighted by molar-refractivity contribution is -0.140. The average Bonchev–Trinajstić information content (AvgIpc) is 2.82. The number of hydrogen-bond acceptors (Lipinski definition) is 5. The Kier molecular flexibility index (Phi) is 10.1. The molecular weight excluding hydrogens is 466 g/mol. The number of methoxy groups -OCH3 is 1. The van der Waals surface area contributed by atoms with Crippen LogP contribution in [0, 0.1) is 13.8 Å². The van der Waals surface area contributed by atoms with Crippen LogP contribution in [-0.2, 0) is 26.2 Å². The third-order valence-electron chi connectivity index (χ3n) is 5.88. The van der Waals surface area contributed by atoms with Crippen molar-refractivity contribution in [2.24, 2.45) is 0 Å². The second-order valence-electron chi connectivity index (χ2n) is 8.63. The highest BCUT2D eigenvalue weighted by atomic mass is 32.2. The Morgan fingerprint density at radius 3 is 2.34 bits per heavy atom. The number of carbonyl (C=O) groups is 2. The van der Waals surface area contributed by atoms with E-state index in [9.17, 15) is 18.0 Å². The minimum atomic E-state index is -3.76. The summed E-state index contributed by atoms with van der Waals surface area (Å²) in [6.45, 7) is 7.83. The topological polar surface area (TPSA) is 96.0 Å². The summed E-state index contributed by atoms with van der Waals surface area (Å²) in [4.78, 5) is 28.1. The van der Waals surface area contributed by atoms with E-state index in [4.69, 9.17) is 4.74 Å². The fourth-order valence-electron chi connectivity index (χ4n) is 3.75. The quantitative estimate of drug-likeness (QED) is 0.479. The molecule has 0 heterocycles. The summed E-state index contributed by atoms with van der Waals surface area (Å²) in [6.07, 6.45) is 2.22. The molecule has 8 nitrogen and oxygen atoms in total. The van der Waals surface area contributed by atoms with Gasteiger partial charge in [-0.15, -0.1) is 0 Å². The molecule has 35 heavy (non-hydrogen) atoms. The predicted octanol–water partition coefficient (Wildman–Crippen LogP) is 3.41. The van der Waals surface area contributed by atoms with E-state index < -0.39 is 28.5 Å². The molecule has 2 rings (SSSR count). The molecule has 2 aromatic rings. The second kappa shape index (κ2) is 12.6. The maximum Gasteiger partial charge on any atom is 0.244 e. The van der Waals surface area contributed by atoms with Gasteiger partial charge in [0.1, 0.15) is 18.3 Å².